The molecule has 0 aromatic heterocycles. The van der Waals surface area contributed by atoms with Crippen molar-refractivity contribution in [3.8, 4) is 0 Å². The van der Waals surface area contributed by atoms with E-state index in [4.69, 9.17) is 0 Å². The standard InChI is InChI=1S/C6H10INS/c1-5(2)6(8-9)3-4-7/h3-5,9H,1-2H3/b4-3-,8-6?. The Bertz CT molecular complexity index is 129. The van der Waals surface area contributed by atoms with E-state index in [2.05, 4.69) is 53.7 Å². The van der Waals surface area contributed by atoms with Crippen LogP contribution in [0.5, 0.6) is 0 Å². The van der Waals surface area contributed by atoms with Crippen molar-refractivity contribution in [3.05, 3.63) is 10.2 Å². The Hall–Kier alpha value is 0.490. The van der Waals surface area contributed by atoms with E-state index in [-0.39, 0.29) is 0 Å². The summed E-state index contributed by atoms with van der Waals surface area (Å²) in [6.45, 7) is 4.18. The van der Waals surface area contributed by atoms with Crippen LogP contribution in [-0.4, -0.2) is 5.71 Å². The van der Waals surface area contributed by atoms with Crippen LogP contribution >= 0.6 is 35.4 Å². The molecule has 0 spiro atoms. The van der Waals surface area contributed by atoms with Gasteiger partial charge in [-0.3, -0.25) is 0 Å². The lowest BCUT2D eigenvalue weighted by Gasteiger charge is -2.00. The minimum Gasteiger partial charge on any atom is -0.224 e. The lowest BCUT2D eigenvalue weighted by molar-refractivity contribution is 0.893. The van der Waals surface area contributed by atoms with Gasteiger partial charge in [0, 0.05) is 0 Å². The van der Waals surface area contributed by atoms with Crippen LogP contribution in [0.15, 0.2) is 14.6 Å². The minimum atomic E-state index is 0.466. The van der Waals surface area contributed by atoms with Crippen molar-refractivity contribution in [2.45, 2.75) is 13.8 Å². The van der Waals surface area contributed by atoms with E-state index in [1.165, 1.54) is 0 Å². The summed E-state index contributed by atoms with van der Waals surface area (Å²) in [7, 11) is 0. The van der Waals surface area contributed by atoms with E-state index in [9.17, 15) is 0 Å². The molecule has 0 atom stereocenters. The van der Waals surface area contributed by atoms with Crippen molar-refractivity contribution in [3.63, 3.8) is 0 Å². The highest BCUT2D eigenvalue weighted by Crippen LogP contribution is 2.01. The number of thiol groups is 1. The maximum atomic E-state index is 3.82. The van der Waals surface area contributed by atoms with Gasteiger partial charge in [-0.1, -0.05) is 36.4 Å². The lowest BCUT2D eigenvalue weighted by atomic mass is 10.1. The van der Waals surface area contributed by atoms with Crippen LogP contribution in [0.1, 0.15) is 13.8 Å². The second-order valence-electron chi connectivity index (χ2n) is 1.97. The topological polar surface area (TPSA) is 12.4 Å². The van der Waals surface area contributed by atoms with Crippen molar-refractivity contribution in [2.75, 3.05) is 0 Å². The molecular formula is C6H10INS. The van der Waals surface area contributed by atoms with E-state index < -0.39 is 0 Å². The van der Waals surface area contributed by atoms with E-state index in [0.717, 1.165) is 5.71 Å². The van der Waals surface area contributed by atoms with Gasteiger partial charge in [0.1, 0.15) is 0 Å². The van der Waals surface area contributed by atoms with Gasteiger partial charge < -0.3 is 0 Å². The van der Waals surface area contributed by atoms with E-state index in [0.29, 0.717) is 5.92 Å². The first-order chi connectivity index (χ1) is 4.22. The van der Waals surface area contributed by atoms with Crippen molar-refractivity contribution >= 4 is 41.1 Å². The Morgan fingerprint density at radius 1 is 1.67 bits per heavy atom. The third-order valence-electron chi connectivity index (χ3n) is 0.941. The number of rotatable bonds is 2. The fourth-order valence-electron chi connectivity index (χ4n) is 0.406. The van der Waals surface area contributed by atoms with Gasteiger partial charge in [-0.15, -0.1) is 0 Å². The largest absolute Gasteiger partial charge is 0.224 e. The first-order valence-electron chi connectivity index (χ1n) is 2.71. The van der Waals surface area contributed by atoms with E-state index in [1.807, 2.05) is 10.2 Å². The molecule has 0 aromatic carbocycles. The Kier molecular flexibility index (Phi) is 5.58. The van der Waals surface area contributed by atoms with Gasteiger partial charge in [0.05, 0.1) is 5.71 Å². The third kappa shape index (κ3) is 3.97. The maximum Gasteiger partial charge on any atom is 0.0513 e. The predicted molar refractivity (Wildman–Crippen MR) is 54.4 cm³/mol. The van der Waals surface area contributed by atoms with Crippen molar-refractivity contribution in [2.24, 2.45) is 10.3 Å². The van der Waals surface area contributed by atoms with Crippen LogP contribution in [-0.2, 0) is 0 Å². The minimum absolute atomic E-state index is 0.466. The number of halogens is 1. The van der Waals surface area contributed by atoms with E-state index >= 15 is 0 Å². The summed E-state index contributed by atoms with van der Waals surface area (Å²) in [6.07, 6.45) is 1.96. The molecule has 0 rings (SSSR count). The molecule has 0 aliphatic rings. The fourth-order valence-corrected chi connectivity index (χ4v) is 1.07. The maximum absolute atomic E-state index is 3.82. The quantitative estimate of drug-likeness (QED) is 0.442. The summed E-state index contributed by atoms with van der Waals surface area (Å²) in [5.41, 5.74) is 1.02. The number of hydrogen-bond acceptors (Lipinski definition) is 2. The molecule has 0 bridgehead atoms. The molecule has 3 heteroatoms. The molecule has 0 unspecified atom stereocenters. The molecule has 1 nitrogen and oxygen atoms in total. The normalized spacial score (nSPS) is 13.7. The highest BCUT2D eigenvalue weighted by Gasteiger charge is 1.97. The molecule has 0 fully saturated rings. The van der Waals surface area contributed by atoms with Gasteiger partial charge in [0.25, 0.3) is 0 Å². The zero-order valence-electron chi connectivity index (χ0n) is 5.50. The highest BCUT2D eigenvalue weighted by atomic mass is 127. The van der Waals surface area contributed by atoms with Crippen molar-refractivity contribution in [1.29, 1.82) is 0 Å². The zero-order valence-corrected chi connectivity index (χ0v) is 8.56. The first-order valence-corrected chi connectivity index (χ1v) is 4.35. The average Bonchev–Trinajstić information content (AvgIpc) is 1.82. The first kappa shape index (κ1) is 9.49. The van der Waals surface area contributed by atoms with Crippen molar-refractivity contribution in [1.82, 2.24) is 0 Å². The van der Waals surface area contributed by atoms with Crippen LogP contribution in [0.2, 0.25) is 0 Å². The fraction of sp³-hybridized carbons (Fsp3) is 0.500. The van der Waals surface area contributed by atoms with Crippen LogP contribution in [0.25, 0.3) is 0 Å². The molecular weight excluding hydrogens is 245 g/mol. The van der Waals surface area contributed by atoms with Crippen LogP contribution in [0.3, 0.4) is 0 Å². The molecule has 0 radical (unpaired) electrons. The lowest BCUT2D eigenvalue weighted by Crippen LogP contribution is -2.01. The molecule has 0 aliphatic heterocycles. The smallest absolute Gasteiger partial charge is 0.0513 e. The molecule has 0 heterocycles. The molecule has 0 N–H and O–H groups in total. The Balaban J connectivity index is 4.01. The number of allylic oxidation sites excluding steroid dienone is 1. The summed E-state index contributed by atoms with van der Waals surface area (Å²) in [6, 6.07) is 0. The van der Waals surface area contributed by atoms with Gasteiger partial charge in [0.2, 0.25) is 0 Å². The summed E-state index contributed by atoms with van der Waals surface area (Å²) in [4.78, 5) is 0. The SMILES string of the molecule is CC(C)C(/C=C\I)=NS. The molecule has 0 amide bonds. The second kappa shape index (κ2) is 5.29. The van der Waals surface area contributed by atoms with Gasteiger partial charge in [0.15, 0.2) is 0 Å². The Morgan fingerprint density at radius 2 is 2.22 bits per heavy atom. The third-order valence-corrected chi connectivity index (χ3v) is 1.53. The summed E-state index contributed by atoms with van der Waals surface area (Å²) >= 11 is 5.99. The average molecular weight is 255 g/mol. The second-order valence-corrected chi connectivity index (χ2v) is 2.89. The van der Waals surface area contributed by atoms with Gasteiger partial charge in [-0.05, 0) is 28.9 Å². The Labute approximate surface area is 75.3 Å². The monoisotopic (exact) mass is 255 g/mol. The highest BCUT2D eigenvalue weighted by molar-refractivity contribution is 14.1. The number of nitrogens with zero attached hydrogens (tertiary/aromatic N) is 1. The van der Waals surface area contributed by atoms with Gasteiger partial charge in [-0.2, -0.15) is 0 Å². The van der Waals surface area contributed by atoms with Gasteiger partial charge in [-0.25, -0.2) is 4.40 Å². The molecule has 0 saturated carbocycles. The Morgan fingerprint density at radius 3 is 2.33 bits per heavy atom. The molecule has 0 aromatic rings. The van der Waals surface area contributed by atoms with E-state index in [1.54, 1.807) is 0 Å². The molecule has 0 saturated heterocycles. The molecule has 9 heavy (non-hydrogen) atoms. The summed E-state index contributed by atoms with van der Waals surface area (Å²) in [5, 5.41) is 0. The van der Waals surface area contributed by atoms with Gasteiger partial charge >= 0.3 is 0 Å². The summed E-state index contributed by atoms with van der Waals surface area (Å²) < 4.78 is 5.73. The molecule has 52 valence electrons. The van der Waals surface area contributed by atoms with Crippen LogP contribution in [0.4, 0.5) is 0 Å². The molecule has 0 aliphatic carbocycles. The number of hydrogen-bond donors (Lipinski definition) is 1. The van der Waals surface area contributed by atoms with Crippen molar-refractivity contribution < 1.29 is 0 Å². The van der Waals surface area contributed by atoms with Crippen LogP contribution in [0, 0.1) is 5.92 Å². The van der Waals surface area contributed by atoms with Crippen LogP contribution < -0.4 is 0 Å². The zero-order chi connectivity index (χ0) is 7.28. The predicted octanol–water partition coefficient (Wildman–Crippen LogP) is 2.88. The summed E-state index contributed by atoms with van der Waals surface area (Å²) in [5.74, 6) is 0.466.